The van der Waals surface area contributed by atoms with Crippen molar-refractivity contribution in [3.05, 3.63) is 82.9 Å². The van der Waals surface area contributed by atoms with Crippen LogP contribution in [0, 0.1) is 0 Å². The van der Waals surface area contributed by atoms with Crippen molar-refractivity contribution in [3.63, 3.8) is 0 Å². The average molecular weight is 460 g/mol. The minimum absolute atomic E-state index is 0.0615. The smallest absolute Gasteiger partial charge is 0.255 e. The lowest BCUT2D eigenvalue weighted by Gasteiger charge is -2.11. The van der Waals surface area contributed by atoms with E-state index >= 15 is 0 Å². The van der Waals surface area contributed by atoms with E-state index in [1.165, 1.54) is 31.4 Å². The van der Waals surface area contributed by atoms with Gasteiger partial charge in [-0.05, 0) is 54.6 Å². The molecule has 3 aromatic carbocycles. The van der Waals surface area contributed by atoms with Gasteiger partial charge in [0, 0.05) is 16.8 Å². The van der Waals surface area contributed by atoms with Crippen molar-refractivity contribution >= 4 is 44.8 Å². The van der Waals surface area contributed by atoms with E-state index in [2.05, 4.69) is 10.6 Å². The molecule has 3 aromatic rings. The summed E-state index contributed by atoms with van der Waals surface area (Å²) in [6, 6.07) is 16.9. The Balaban J connectivity index is 1.72. The van der Waals surface area contributed by atoms with E-state index in [9.17, 15) is 18.0 Å². The van der Waals surface area contributed by atoms with Gasteiger partial charge in [-0.15, -0.1) is 0 Å². The van der Waals surface area contributed by atoms with Gasteiger partial charge in [0.25, 0.3) is 11.8 Å². The monoisotopic (exact) mass is 459 g/mol. The van der Waals surface area contributed by atoms with Gasteiger partial charge in [0.2, 0.25) is 10.0 Å². The van der Waals surface area contributed by atoms with E-state index in [4.69, 9.17) is 21.5 Å². The van der Waals surface area contributed by atoms with E-state index in [0.29, 0.717) is 22.7 Å². The SMILES string of the molecule is COc1ccccc1NC(=O)c1ccc(NC(=O)c2ccc(Cl)c(S(N)(=O)=O)c2)cc1. The molecule has 0 aromatic heterocycles. The average Bonchev–Trinajstić information content (AvgIpc) is 2.74. The quantitative estimate of drug-likeness (QED) is 0.519. The van der Waals surface area contributed by atoms with Crippen molar-refractivity contribution in [1.29, 1.82) is 0 Å². The molecule has 10 heteroatoms. The van der Waals surface area contributed by atoms with Crippen molar-refractivity contribution in [2.75, 3.05) is 17.7 Å². The van der Waals surface area contributed by atoms with Crippen LogP contribution in [0.5, 0.6) is 5.75 Å². The summed E-state index contributed by atoms with van der Waals surface area (Å²) in [5.74, 6) is -0.382. The molecule has 0 fully saturated rings. The lowest BCUT2D eigenvalue weighted by atomic mass is 10.1. The Bertz CT molecular complexity index is 1240. The summed E-state index contributed by atoms with van der Waals surface area (Å²) in [6.07, 6.45) is 0. The molecule has 4 N–H and O–H groups in total. The molecule has 3 rings (SSSR count). The van der Waals surface area contributed by atoms with Gasteiger partial charge in [-0.25, -0.2) is 13.6 Å². The summed E-state index contributed by atoms with van der Waals surface area (Å²) in [7, 11) is -2.56. The number of sulfonamides is 1. The number of amides is 2. The van der Waals surface area contributed by atoms with Gasteiger partial charge in [-0.1, -0.05) is 23.7 Å². The zero-order chi connectivity index (χ0) is 22.6. The van der Waals surface area contributed by atoms with Crippen LogP contribution in [0.1, 0.15) is 20.7 Å². The number of benzene rings is 3. The highest BCUT2D eigenvalue weighted by molar-refractivity contribution is 7.89. The summed E-state index contributed by atoms with van der Waals surface area (Å²) in [5, 5.41) is 10.4. The summed E-state index contributed by atoms with van der Waals surface area (Å²) in [4.78, 5) is 24.6. The maximum absolute atomic E-state index is 12.5. The third kappa shape index (κ3) is 5.40. The standard InChI is InChI=1S/C21H18ClN3O5S/c1-30-18-5-3-2-4-17(18)25-20(26)13-6-9-15(10-7-13)24-21(27)14-8-11-16(22)19(12-14)31(23,28)29/h2-12H,1H3,(H,24,27)(H,25,26)(H2,23,28,29). The van der Waals surface area contributed by atoms with Crippen molar-refractivity contribution in [2.24, 2.45) is 5.14 Å². The van der Waals surface area contributed by atoms with E-state index < -0.39 is 15.9 Å². The highest BCUT2D eigenvalue weighted by Gasteiger charge is 2.17. The van der Waals surface area contributed by atoms with Crippen LogP contribution in [0.15, 0.2) is 71.6 Å². The number of rotatable bonds is 6. The van der Waals surface area contributed by atoms with Crippen LogP contribution >= 0.6 is 11.6 Å². The zero-order valence-electron chi connectivity index (χ0n) is 16.3. The van der Waals surface area contributed by atoms with Crippen LogP contribution in [0.3, 0.4) is 0 Å². The predicted octanol–water partition coefficient (Wildman–Crippen LogP) is 3.50. The molecule has 2 amide bonds. The van der Waals surface area contributed by atoms with Crippen LogP contribution in [-0.4, -0.2) is 27.3 Å². The molecule has 0 saturated carbocycles. The Morgan fingerprint density at radius 2 is 1.52 bits per heavy atom. The summed E-state index contributed by atoms with van der Waals surface area (Å²) in [6.45, 7) is 0. The lowest BCUT2D eigenvalue weighted by molar-refractivity contribution is 0.101. The van der Waals surface area contributed by atoms with Crippen LogP contribution in [0.2, 0.25) is 5.02 Å². The second-order valence-electron chi connectivity index (χ2n) is 6.38. The minimum Gasteiger partial charge on any atom is -0.495 e. The number of methoxy groups -OCH3 is 1. The van der Waals surface area contributed by atoms with Gasteiger partial charge >= 0.3 is 0 Å². The molecule has 0 aliphatic rings. The molecule has 31 heavy (non-hydrogen) atoms. The van der Waals surface area contributed by atoms with Gasteiger partial charge in [0.1, 0.15) is 10.6 Å². The lowest BCUT2D eigenvalue weighted by Crippen LogP contribution is -2.16. The number of anilines is 2. The molecule has 0 heterocycles. The maximum Gasteiger partial charge on any atom is 0.255 e. The van der Waals surface area contributed by atoms with Gasteiger partial charge in [-0.3, -0.25) is 9.59 Å². The first-order valence-electron chi connectivity index (χ1n) is 8.87. The fourth-order valence-corrected chi connectivity index (χ4v) is 3.78. The largest absolute Gasteiger partial charge is 0.495 e. The molecule has 0 saturated heterocycles. The number of ether oxygens (including phenoxy) is 1. The third-order valence-corrected chi connectivity index (χ3v) is 5.65. The van der Waals surface area contributed by atoms with E-state index in [1.807, 2.05) is 0 Å². The summed E-state index contributed by atoms with van der Waals surface area (Å²) < 4.78 is 28.4. The molecule has 0 bridgehead atoms. The number of carbonyl (C=O) groups excluding carboxylic acids is 2. The Morgan fingerprint density at radius 1 is 0.903 bits per heavy atom. The van der Waals surface area contributed by atoms with Crippen molar-refractivity contribution in [2.45, 2.75) is 4.90 Å². The molecular weight excluding hydrogens is 442 g/mol. The van der Waals surface area contributed by atoms with E-state index in [0.717, 1.165) is 6.07 Å². The fraction of sp³-hybridized carbons (Fsp3) is 0.0476. The summed E-state index contributed by atoms with van der Waals surface area (Å²) in [5.41, 5.74) is 1.37. The number of halogens is 1. The molecule has 0 atom stereocenters. The predicted molar refractivity (Wildman–Crippen MR) is 118 cm³/mol. The number of para-hydroxylation sites is 2. The van der Waals surface area contributed by atoms with Crippen LogP contribution < -0.4 is 20.5 Å². The van der Waals surface area contributed by atoms with Gasteiger partial charge in [-0.2, -0.15) is 0 Å². The molecular formula is C21H18ClN3O5S. The van der Waals surface area contributed by atoms with E-state index in [-0.39, 0.29) is 21.4 Å². The zero-order valence-corrected chi connectivity index (χ0v) is 17.8. The highest BCUT2D eigenvalue weighted by Crippen LogP contribution is 2.24. The Kier molecular flexibility index (Phi) is 6.59. The fourth-order valence-electron chi connectivity index (χ4n) is 2.71. The number of hydrogen-bond acceptors (Lipinski definition) is 5. The first kappa shape index (κ1) is 22.3. The van der Waals surface area contributed by atoms with E-state index in [1.54, 1.807) is 36.4 Å². The van der Waals surface area contributed by atoms with Crippen molar-refractivity contribution in [3.8, 4) is 5.75 Å². The number of carbonyl (C=O) groups is 2. The van der Waals surface area contributed by atoms with Gasteiger partial charge < -0.3 is 15.4 Å². The normalized spacial score (nSPS) is 10.9. The first-order chi connectivity index (χ1) is 14.7. The summed E-state index contributed by atoms with van der Waals surface area (Å²) >= 11 is 5.83. The Morgan fingerprint density at radius 3 is 2.16 bits per heavy atom. The number of nitrogens with two attached hydrogens (primary N) is 1. The molecule has 0 aliphatic heterocycles. The Labute approximate surface area is 184 Å². The number of hydrogen-bond donors (Lipinski definition) is 3. The highest BCUT2D eigenvalue weighted by atomic mass is 35.5. The maximum atomic E-state index is 12.5. The molecule has 0 spiro atoms. The molecule has 160 valence electrons. The molecule has 0 unspecified atom stereocenters. The van der Waals surface area contributed by atoms with Gasteiger partial charge in [0.15, 0.2) is 0 Å². The molecule has 0 aliphatic carbocycles. The van der Waals surface area contributed by atoms with Crippen LogP contribution in [-0.2, 0) is 10.0 Å². The second kappa shape index (κ2) is 9.17. The second-order valence-corrected chi connectivity index (χ2v) is 8.31. The number of nitrogens with one attached hydrogen (secondary N) is 2. The van der Waals surface area contributed by atoms with Crippen molar-refractivity contribution < 1.29 is 22.7 Å². The number of primary sulfonamides is 1. The first-order valence-corrected chi connectivity index (χ1v) is 10.8. The van der Waals surface area contributed by atoms with Crippen LogP contribution in [0.25, 0.3) is 0 Å². The molecule has 0 radical (unpaired) electrons. The topological polar surface area (TPSA) is 128 Å². The molecule has 8 nitrogen and oxygen atoms in total. The minimum atomic E-state index is -4.07. The van der Waals surface area contributed by atoms with Crippen LogP contribution in [0.4, 0.5) is 11.4 Å². The third-order valence-electron chi connectivity index (χ3n) is 4.26. The van der Waals surface area contributed by atoms with Gasteiger partial charge in [0.05, 0.1) is 17.8 Å². The van der Waals surface area contributed by atoms with Crippen molar-refractivity contribution in [1.82, 2.24) is 0 Å². The Hall–Kier alpha value is -3.40.